The van der Waals surface area contributed by atoms with Crippen molar-refractivity contribution < 1.29 is 14.3 Å². The number of nitrogens with zero attached hydrogens (tertiary/aromatic N) is 1. The van der Waals surface area contributed by atoms with Crippen LogP contribution in [0.25, 0.3) is 0 Å². The summed E-state index contributed by atoms with van der Waals surface area (Å²) in [6.07, 6.45) is 1.65. The van der Waals surface area contributed by atoms with Crippen molar-refractivity contribution in [2.45, 2.75) is 13.0 Å². The van der Waals surface area contributed by atoms with Gasteiger partial charge in [0.1, 0.15) is 5.82 Å². The number of aromatic nitrogens is 1. The number of ether oxygens (including phenoxy) is 2. The van der Waals surface area contributed by atoms with Gasteiger partial charge in [0.05, 0.1) is 18.8 Å². The van der Waals surface area contributed by atoms with Gasteiger partial charge in [-0.3, -0.25) is 0 Å². The average molecular weight is 224 g/mol. The molecule has 0 aromatic carbocycles. The summed E-state index contributed by atoms with van der Waals surface area (Å²) in [5, 5.41) is 3.07. The lowest BCUT2D eigenvalue weighted by atomic mass is 10.2. The number of rotatable bonds is 5. The van der Waals surface area contributed by atoms with Crippen LogP contribution >= 0.6 is 0 Å². The van der Waals surface area contributed by atoms with Crippen molar-refractivity contribution in [1.29, 1.82) is 0 Å². The minimum atomic E-state index is -0.370. The van der Waals surface area contributed by atoms with Crippen molar-refractivity contribution in [3.05, 3.63) is 23.9 Å². The number of hydrogen-bond donors (Lipinski definition) is 1. The molecule has 1 unspecified atom stereocenters. The third-order valence-corrected chi connectivity index (χ3v) is 2.15. The van der Waals surface area contributed by atoms with Crippen molar-refractivity contribution >= 4 is 11.8 Å². The second kappa shape index (κ2) is 6.07. The standard InChI is InChI=1S/C11H16N2O3/c1-8(15-2)7-13-10-6-9(4-5-12-10)11(14)16-3/h4-6,8H,7H2,1-3H3,(H,12,13). The fourth-order valence-electron chi connectivity index (χ4n) is 1.10. The molecule has 0 aliphatic rings. The lowest BCUT2D eigenvalue weighted by Gasteiger charge is -2.11. The zero-order valence-corrected chi connectivity index (χ0v) is 9.69. The summed E-state index contributed by atoms with van der Waals surface area (Å²) in [6, 6.07) is 3.25. The number of carbonyl (C=O) groups is 1. The molecule has 88 valence electrons. The molecule has 5 nitrogen and oxygen atoms in total. The monoisotopic (exact) mass is 224 g/mol. The van der Waals surface area contributed by atoms with Crippen LogP contribution in [0.1, 0.15) is 17.3 Å². The normalized spacial score (nSPS) is 11.9. The lowest BCUT2D eigenvalue weighted by Crippen LogP contribution is -2.18. The van der Waals surface area contributed by atoms with E-state index in [1.807, 2.05) is 6.92 Å². The summed E-state index contributed by atoms with van der Waals surface area (Å²) in [5.41, 5.74) is 0.477. The Morgan fingerprint density at radius 3 is 2.94 bits per heavy atom. The summed E-state index contributed by atoms with van der Waals surface area (Å²) >= 11 is 0. The molecule has 16 heavy (non-hydrogen) atoms. The predicted octanol–water partition coefficient (Wildman–Crippen LogP) is 1.31. The number of methoxy groups -OCH3 is 2. The summed E-state index contributed by atoms with van der Waals surface area (Å²) in [4.78, 5) is 15.3. The molecule has 0 aliphatic carbocycles. The Kier molecular flexibility index (Phi) is 4.72. The Labute approximate surface area is 94.8 Å². The zero-order chi connectivity index (χ0) is 12.0. The Morgan fingerprint density at radius 1 is 1.56 bits per heavy atom. The molecule has 1 heterocycles. The second-order valence-corrected chi connectivity index (χ2v) is 3.35. The molecule has 0 aliphatic heterocycles. The third-order valence-electron chi connectivity index (χ3n) is 2.15. The highest BCUT2D eigenvalue weighted by Crippen LogP contribution is 2.08. The van der Waals surface area contributed by atoms with Gasteiger partial charge in [-0.1, -0.05) is 0 Å². The van der Waals surface area contributed by atoms with Gasteiger partial charge in [0, 0.05) is 19.9 Å². The lowest BCUT2D eigenvalue weighted by molar-refractivity contribution is 0.0600. The maximum Gasteiger partial charge on any atom is 0.338 e. The molecule has 1 aromatic heterocycles. The Bertz CT molecular complexity index is 355. The number of nitrogens with one attached hydrogen (secondary N) is 1. The van der Waals surface area contributed by atoms with Gasteiger partial charge in [0.15, 0.2) is 0 Å². The smallest absolute Gasteiger partial charge is 0.338 e. The molecular weight excluding hydrogens is 208 g/mol. The van der Waals surface area contributed by atoms with Crippen LogP contribution in [0.3, 0.4) is 0 Å². The van der Waals surface area contributed by atoms with Gasteiger partial charge in [0.25, 0.3) is 0 Å². The number of esters is 1. The molecular formula is C11H16N2O3. The van der Waals surface area contributed by atoms with Gasteiger partial charge in [0.2, 0.25) is 0 Å². The van der Waals surface area contributed by atoms with Crippen LogP contribution in [0.5, 0.6) is 0 Å². The van der Waals surface area contributed by atoms with E-state index in [1.54, 1.807) is 25.4 Å². The van der Waals surface area contributed by atoms with Crippen LogP contribution < -0.4 is 5.32 Å². The summed E-state index contributed by atoms with van der Waals surface area (Å²) in [7, 11) is 2.99. The Morgan fingerprint density at radius 2 is 2.31 bits per heavy atom. The van der Waals surface area contributed by atoms with Gasteiger partial charge in [-0.25, -0.2) is 9.78 Å². The molecule has 0 spiro atoms. The number of hydrogen-bond acceptors (Lipinski definition) is 5. The minimum absolute atomic E-state index is 0.0867. The van der Waals surface area contributed by atoms with Crippen LogP contribution in [0, 0.1) is 0 Å². The van der Waals surface area contributed by atoms with E-state index >= 15 is 0 Å². The van der Waals surface area contributed by atoms with E-state index < -0.39 is 0 Å². The second-order valence-electron chi connectivity index (χ2n) is 3.35. The van der Waals surface area contributed by atoms with Crippen LogP contribution in [-0.2, 0) is 9.47 Å². The molecule has 1 N–H and O–H groups in total. The van der Waals surface area contributed by atoms with Crippen LogP contribution in [0.2, 0.25) is 0 Å². The molecule has 0 saturated heterocycles. The Hall–Kier alpha value is -1.62. The summed E-state index contributed by atoms with van der Waals surface area (Å²) in [6.45, 7) is 2.57. The maximum atomic E-state index is 11.3. The van der Waals surface area contributed by atoms with Crippen molar-refractivity contribution in [2.24, 2.45) is 0 Å². The van der Waals surface area contributed by atoms with Gasteiger partial charge in [-0.2, -0.15) is 0 Å². The first kappa shape index (κ1) is 12.4. The van der Waals surface area contributed by atoms with Gasteiger partial charge in [-0.15, -0.1) is 0 Å². The molecule has 0 amide bonds. The van der Waals surface area contributed by atoms with Crippen molar-refractivity contribution in [1.82, 2.24) is 4.98 Å². The number of pyridine rings is 1. The molecule has 1 rings (SSSR count). The summed E-state index contributed by atoms with van der Waals surface area (Å²) in [5.74, 6) is 0.261. The largest absolute Gasteiger partial charge is 0.465 e. The highest BCUT2D eigenvalue weighted by Gasteiger charge is 2.06. The molecule has 0 fully saturated rings. The maximum absolute atomic E-state index is 11.3. The third kappa shape index (κ3) is 3.51. The highest BCUT2D eigenvalue weighted by molar-refractivity contribution is 5.89. The fraction of sp³-hybridized carbons (Fsp3) is 0.455. The predicted molar refractivity (Wildman–Crippen MR) is 60.5 cm³/mol. The molecule has 1 aromatic rings. The number of carbonyl (C=O) groups excluding carboxylic acids is 1. The van der Waals surface area contributed by atoms with E-state index in [4.69, 9.17) is 4.74 Å². The van der Waals surface area contributed by atoms with Crippen molar-refractivity contribution in [3.63, 3.8) is 0 Å². The van der Waals surface area contributed by atoms with Gasteiger partial charge >= 0.3 is 5.97 Å². The minimum Gasteiger partial charge on any atom is -0.465 e. The fourth-order valence-corrected chi connectivity index (χ4v) is 1.10. The molecule has 5 heteroatoms. The highest BCUT2D eigenvalue weighted by atomic mass is 16.5. The Balaban J connectivity index is 2.64. The van der Waals surface area contributed by atoms with Gasteiger partial charge in [-0.05, 0) is 19.1 Å². The van der Waals surface area contributed by atoms with Crippen LogP contribution in [0.4, 0.5) is 5.82 Å². The molecule has 0 radical (unpaired) electrons. The van der Waals surface area contributed by atoms with E-state index in [-0.39, 0.29) is 12.1 Å². The van der Waals surface area contributed by atoms with E-state index in [9.17, 15) is 4.79 Å². The van der Waals surface area contributed by atoms with Crippen LogP contribution in [-0.4, -0.2) is 37.8 Å². The first-order chi connectivity index (χ1) is 7.67. The van der Waals surface area contributed by atoms with Crippen molar-refractivity contribution in [2.75, 3.05) is 26.1 Å². The first-order valence-electron chi connectivity index (χ1n) is 4.98. The average Bonchev–Trinajstić information content (AvgIpc) is 2.35. The van der Waals surface area contributed by atoms with E-state index in [1.165, 1.54) is 7.11 Å². The first-order valence-corrected chi connectivity index (χ1v) is 4.98. The van der Waals surface area contributed by atoms with E-state index in [2.05, 4.69) is 15.0 Å². The van der Waals surface area contributed by atoms with E-state index in [0.717, 1.165) is 0 Å². The van der Waals surface area contributed by atoms with Crippen molar-refractivity contribution in [3.8, 4) is 0 Å². The summed E-state index contributed by atoms with van der Waals surface area (Å²) < 4.78 is 9.71. The molecule has 0 saturated carbocycles. The molecule has 0 bridgehead atoms. The van der Waals surface area contributed by atoms with Crippen LogP contribution in [0.15, 0.2) is 18.3 Å². The molecule has 1 atom stereocenters. The SMILES string of the molecule is COC(=O)c1ccnc(NCC(C)OC)c1. The topological polar surface area (TPSA) is 60.5 Å². The quantitative estimate of drug-likeness (QED) is 0.764. The zero-order valence-electron chi connectivity index (χ0n) is 9.69. The van der Waals surface area contributed by atoms with E-state index in [0.29, 0.717) is 17.9 Å². The van der Waals surface area contributed by atoms with Gasteiger partial charge < -0.3 is 14.8 Å². The number of anilines is 1.